The zero-order valence-corrected chi connectivity index (χ0v) is 17.3. The molecule has 1 fully saturated rings. The molecule has 0 atom stereocenters. The van der Waals surface area contributed by atoms with Crippen molar-refractivity contribution in [3.8, 4) is 0 Å². The van der Waals surface area contributed by atoms with Gasteiger partial charge < -0.3 is 25.0 Å². The number of benzene rings is 1. The van der Waals surface area contributed by atoms with E-state index in [1.807, 2.05) is 24.3 Å². The van der Waals surface area contributed by atoms with E-state index in [4.69, 9.17) is 21.4 Å². The lowest BCUT2D eigenvalue weighted by atomic mass is 10.2. The number of aliphatic hydroxyl groups excluding tert-OH is 1. The number of likely N-dealkylation sites (N-methyl/N-ethyl adjacent to an activating group) is 1. The van der Waals surface area contributed by atoms with Crippen molar-refractivity contribution < 1.29 is 9.84 Å². The summed E-state index contributed by atoms with van der Waals surface area (Å²) in [4.78, 5) is 19.3. The molecular weight excluding hydrogens is 398 g/mol. The number of aromatic amines is 1. The smallest absolute Gasteiger partial charge is 0.213 e. The number of rotatable bonds is 4. The zero-order valence-electron chi connectivity index (χ0n) is 15.7. The van der Waals surface area contributed by atoms with Crippen molar-refractivity contribution in [1.29, 1.82) is 0 Å². The molecule has 1 saturated heterocycles. The number of nitrogens with one attached hydrogen (secondary N) is 2. The van der Waals surface area contributed by atoms with Gasteiger partial charge in [-0.25, -0.2) is 0 Å². The second-order valence-electron chi connectivity index (χ2n) is 6.54. The molecule has 1 aliphatic heterocycles. The van der Waals surface area contributed by atoms with Gasteiger partial charge in [-0.3, -0.25) is 4.79 Å². The highest BCUT2D eigenvalue weighted by atomic mass is 35.5. The Morgan fingerprint density at radius 1 is 1.29 bits per heavy atom. The van der Waals surface area contributed by atoms with Crippen LogP contribution in [-0.4, -0.2) is 48.3 Å². The quantitative estimate of drug-likeness (QED) is 0.602. The molecule has 3 heterocycles. The van der Waals surface area contributed by atoms with Gasteiger partial charge in [-0.2, -0.15) is 0 Å². The van der Waals surface area contributed by atoms with E-state index in [0.717, 1.165) is 41.6 Å². The molecule has 0 radical (unpaired) electrons. The molecule has 0 amide bonds. The van der Waals surface area contributed by atoms with Crippen molar-refractivity contribution in [2.45, 2.75) is 13.2 Å². The minimum atomic E-state index is -0.0614. The average Bonchev–Trinajstić information content (AvgIpc) is 3.14. The Bertz CT molecular complexity index is 949. The average molecular weight is 422 g/mol. The minimum Gasteiger partial charge on any atom is -0.391 e. The summed E-state index contributed by atoms with van der Waals surface area (Å²) in [6, 6.07) is 9.19. The first-order valence-electron chi connectivity index (χ1n) is 9.06. The number of aromatic nitrogens is 1. The number of nitrogens with zero attached hydrogens (tertiary/aromatic N) is 1. The molecule has 0 unspecified atom stereocenters. The summed E-state index contributed by atoms with van der Waals surface area (Å²) >= 11 is 7.23. The van der Waals surface area contributed by atoms with Crippen molar-refractivity contribution in [2.24, 2.45) is 0 Å². The molecule has 1 aliphatic rings. The first kappa shape index (κ1) is 20.8. The molecule has 0 aliphatic carbocycles. The first-order chi connectivity index (χ1) is 13.6. The molecule has 28 heavy (non-hydrogen) atoms. The number of H-pyrrole nitrogens is 1. The van der Waals surface area contributed by atoms with Crippen LogP contribution in [-0.2, 0) is 17.9 Å². The number of thiophene rings is 1. The number of anilines is 1. The third-order valence-corrected chi connectivity index (χ3v) is 5.71. The summed E-state index contributed by atoms with van der Waals surface area (Å²) in [5.41, 5.74) is 1.49. The predicted octanol–water partition coefficient (Wildman–Crippen LogP) is 3.30. The SMILES string of the molecule is CN1CCOCC1.O=c1c(NCc2ccc(Cl)cc2)c[nH]c2sc(CO)cc12. The molecule has 150 valence electrons. The Hall–Kier alpha value is -1.90. The Kier molecular flexibility index (Phi) is 7.47. The van der Waals surface area contributed by atoms with Crippen LogP contribution < -0.4 is 10.7 Å². The summed E-state index contributed by atoms with van der Waals surface area (Å²) in [6.45, 7) is 4.51. The van der Waals surface area contributed by atoms with Gasteiger partial charge >= 0.3 is 0 Å². The fraction of sp³-hybridized carbons (Fsp3) is 0.350. The number of halogens is 1. The molecule has 6 nitrogen and oxygen atoms in total. The van der Waals surface area contributed by atoms with Crippen LogP contribution >= 0.6 is 22.9 Å². The van der Waals surface area contributed by atoms with Crippen LogP contribution in [0, 0.1) is 0 Å². The molecule has 2 aromatic heterocycles. The monoisotopic (exact) mass is 421 g/mol. The third-order valence-electron chi connectivity index (χ3n) is 4.41. The van der Waals surface area contributed by atoms with Gasteiger partial charge in [0.2, 0.25) is 5.43 Å². The van der Waals surface area contributed by atoms with E-state index in [1.165, 1.54) is 11.3 Å². The number of hydrogen-bond acceptors (Lipinski definition) is 6. The maximum absolute atomic E-state index is 12.4. The van der Waals surface area contributed by atoms with Crippen molar-refractivity contribution >= 4 is 38.8 Å². The van der Waals surface area contributed by atoms with Gasteiger partial charge in [-0.05, 0) is 30.8 Å². The maximum Gasteiger partial charge on any atom is 0.213 e. The highest BCUT2D eigenvalue weighted by molar-refractivity contribution is 7.18. The number of aliphatic hydroxyl groups is 1. The van der Waals surface area contributed by atoms with Crippen LogP contribution in [0.15, 0.2) is 41.3 Å². The minimum absolute atomic E-state index is 0.0554. The summed E-state index contributed by atoms with van der Waals surface area (Å²) in [7, 11) is 2.11. The highest BCUT2D eigenvalue weighted by Gasteiger charge is 2.08. The Morgan fingerprint density at radius 3 is 2.61 bits per heavy atom. The van der Waals surface area contributed by atoms with Crippen LogP contribution in [0.5, 0.6) is 0 Å². The van der Waals surface area contributed by atoms with E-state index in [2.05, 4.69) is 22.2 Å². The number of hydrogen-bond donors (Lipinski definition) is 3. The number of fused-ring (bicyclic) bond motifs is 1. The largest absolute Gasteiger partial charge is 0.391 e. The molecular formula is C20H24ClN3O3S. The molecule has 0 spiro atoms. The van der Waals surface area contributed by atoms with E-state index in [0.29, 0.717) is 22.6 Å². The van der Waals surface area contributed by atoms with Crippen LogP contribution in [0.3, 0.4) is 0 Å². The van der Waals surface area contributed by atoms with Crippen molar-refractivity contribution in [3.05, 3.63) is 62.2 Å². The molecule has 1 aromatic carbocycles. The number of morpholine rings is 1. The summed E-state index contributed by atoms with van der Waals surface area (Å²) in [5, 5.41) is 13.6. The number of pyridine rings is 1. The van der Waals surface area contributed by atoms with Crippen molar-refractivity contribution in [1.82, 2.24) is 9.88 Å². The second-order valence-corrected chi connectivity index (χ2v) is 8.11. The standard InChI is InChI=1S/C15H13ClN2O2S.C5H11NO/c16-10-3-1-9(2-4-10)6-17-13-7-18-15-12(14(13)20)5-11(8-19)21-15;1-6-2-4-7-5-3-6/h1-5,7,17,19H,6,8H2,(H,18,20);2-5H2,1H3. The van der Waals surface area contributed by atoms with Gasteiger partial charge in [-0.1, -0.05) is 23.7 Å². The third kappa shape index (κ3) is 5.56. The van der Waals surface area contributed by atoms with Crippen LogP contribution in [0.1, 0.15) is 10.4 Å². The van der Waals surface area contributed by atoms with Crippen LogP contribution in [0.25, 0.3) is 10.2 Å². The Labute approximate surface area is 172 Å². The van der Waals surface area contributed by atoms with Gasteiger partial charge in [0.15, 0.2) is 0 Å². The van der Waals surface area contributed by atoms with Crippen molar-refractivity contribution in [3.63, 3.8) is 0 Å². The summed E-state index contributed by atoms with van der Waals surface area (Å²) in [5.74, 6) is 0. The van der Waals surface area contributed by atoms with Gasteiger partial charge in [0.25, 0.3) is 0 Å². The van der Waals surface area contributed by atoms with Gasteiger partial charge in [-0.15, -0.1) is 11.3 Å². The van der Waals surface area contributed by atoms with E-state index in [9.17, 15) is 4.79 Å². The van der Waals surface area contributed by atoms with Gasteiger partial charge in [0.1, 0.15) is 4.83 Å². The second kappa shape index (κ2) is 10.0. The lowest BCUT2D eigenvalue weighted by Crippen LogP contribution is -2.32. The topological polar surface area (TPSA) is 77.6 Å². The predicted molar refractivity (Wildman–Crippen MR) is 115 cm³/mol. The summed E-state index contributed by atoms with van der Waals surface area (Å²) < 4.78 is 5.10. The summed E-state index contributed by atoms with van der Waals surface area (Å²) in [6.07, 6.45) is 1.66. The Morgan fingerprint density at radius 2 is 2.00 bits per heavy atom. The van der Waals surface area contributed by atoms with Crippen LogP contribution in [0.4, 0.5) is 5.69 Å². The van der Waals surface area contributed by atoms with Gasteiger partial charge in [0.05, 0.1) is 30.9 Å². The fourth-order valence-corrected chi connectivity index (χ4v) is 3.74. The molecule has 4 rings (SSSR count). The van der Waals surface area contributed by atoms with Crippen molar-refractivity contribution in [2.75, 3.05) is 38.7 Å². The van der Waals surface area contributed by atoms with E-state index in [-0.39, 0.29) is 12.0 Å². The van der Waals surface area contributed by atoms with Gasteiger partial charge in [0, 0.05) is 35.7 Å². The molecule has 3 aromatic rings. The molecule has 8 heteroatoms. The van der Waals surface area contributed by atoms with E-state index in [1.54, 1.807) is 12.3 Å². The number of ether oxygens (including phenoxy) is 1. The normalized spacial score (nSPS) is 14.5. The zero-order chi connectivity index (χ0) is 19.9. The maximum atomic E-state index is 12.4. The van der Waals surface area contributed by atoms with E-state index >= 15 is 0 Å². The Balaban J connectivity index is 0.000000271. The molecule has 3 N–H and O–H groups in total. The lowest BCUT2D eigenvalue weighted by molar-refractivity contribution is 0.0503. The lowest BCUT2D eigenvalue weighted by Gasteiger charge is -2.21. The van der Waals surface area contributed by atoms with Crippen LogP contribution in [0.2, 0.25) is 5.02 Å². The molecule has 0 bridgehead atoms. The fourth-order valence-electron chi connectivity index (χ4n) is 2.73. The van der Waals surface area contributed by atoms with E-state index < -0.39 is 0 Å². The highest BCUT2D eigenvalue weighted by Crippen LogP contribution is 2.22. The first-order valence-corrected chi connectivity index (χ1v) is 10.3. The molecule has 0 saturated carbocycles.